The zero-order chi connectivity index (χ0) is 22.4. The van der Waals surface area contributed by atoms with Crippen LogP contribution in [0.5, 0.6) is 5.75 Å². The number of benzene rings is 3. The van der Waals surface area contributed by atoms with Crippen molar-refractivity contribution in [3.05, 3.63) is 88.9 Å². The number of rotatable bonds is 6. The van der Waals surface area contributed by atoms with Crippen molar-refractivity contribution in [3.8, 4) is 5.75 Å². The Morgan fingerprint density at radius 1 is 0.871 bits per heavy atom. The lowest BCUT2D eigenvalue weighted by atomic mass is 9.87. The molecule has 0 atom stereocenters. The quantitative estimate of drug-likeness (QED) is 0.505. The van der Waals surface area contributed by atoms with Gasteiger partial charge in [0.25, 0.3) is 11.8 Å². The zero-order valence-corrected chi connectivity index (χ0v) is 18.5. The van der Waals surface area contributed by atoms with Gasteiger partial charge >= 0.3 is 0 Å². The maximum atomic E-state index is 12.5. The summed E-state index contributed by atoms with van der Waals surface area (Å²) in [4.78, 5) is 24.8. The van der Waals surface area contributed by atoms with Crippen LogP contribution in [0, 0.1) is 0 Å². The molecular formula is C25H25ClN2O3. The second-order valence-electron chi connectivity index (χ2n) is 8.16. The first-order valence-corrected chi connectivity index (χ1v) is 10.3. The van der Waals surface area contributed by atoms with Gasteiger partial charge in [-0.15, -0.1) is 0 Å². The second-order valence-corrected chi connectivity index (χ2v) is 8.59. The first kappa shape index (κ1) is 22.4. The molecule has 3 rings (SSSR count). The molecular weight excluding hydrogens is 412 g/mol. The lowest BCUT2D eigenvalue weighted by Gasteiger charge is -2.19. The third-order valence-corrected chi connectivity index (χ3v) is 4.82. The van der Waals surface area contributed by atoms with Crippen LogP contribution in [0.3, 0.4) is 0 Å². The van der Waals surface area contributed by atoms with E-state index < -0.39 is 0 Å². The molecule has 2 N–H and O–H groups in total. The molecule has 0 radical (unpaired) electrons. The molecule has 0 aromatic heterocycles. The van der Waals surface area contributed by atoms with Gasteiger partial charge in [0, 0.05) is 22.0 Å². The summed E-state index contributed by atoms with van der Waals surface area (Å²) in [6.07, 6.45) is 0. The monoisotopic (exact) mass is 436 g/mol. The summed E-state index contributed by atoms with van der Waals surface area (Å²) in [5.41, 5.74) is 2.77. The number of halogens is 1. The van der Waals surface area contributed by atoms with Gasteiger partial charge in [-0.05, 0) is 59.5 Å². The molecule has 5 nitrogen and oxygen atoms in total. The molecule has 0 unspecified atom stereocenters. The molecule has 31 heavy (non-hydrogen) atoms. The van der Waals surface area contributed by atoms with Gasteiger partial charge in [-0.25, -0.2) is 0 Å². The van der Waals surface area contributed by atoms with E-state index in [4.69, 9.17) is 16.3 Å². The highest BCUT2D eigenvalue weighted by molar-refractivity contribution is 6.31. The van der Waals surface area contributed by atoms with Crippen molar-refractivity contribution < 1.29 is 14.3 Å². The summed E-state index contributed by atoms with van der Waals surface area (Å²) in [5.74, 6) is 0.0126. The summed E-state index contributed by atoms with van der Waals surface area (Å²) in [7, 11) is 0. The molecule has 3 aromatic rings. The highest BCUT2D eigenvalue weighted by Gasteiger charge is 2.13. The maximum Gasteiger partial charge on any atom is 0.262 e. The SMILES string of the molecule is CC(C)(C)c1ccc(OCC(=O)Nc2cccc(C(=O)Nc3cccc(Cl)c3)c2)cc1. The molecule has 3 aromatic carbocycles. The number of anilines is 2. The minimum Gasteiger partial charge on any atom is -0.484 e. The number of carbonyl (C=O) groups is 2. The molecule has 0 heterocycles. The van der Waals surface area contributed by atoms with Crippen molar-refractivity contribution in [1.29, 1.82) is 0 Å². The van der Waals surface area contributed by atoms with Crippen LogP contribution in [0.15, 0.2) is 72.8 Å². The molecule has 2 amide bonds. The fourth-order valence-electron chi connectivity index (χ4n) is 2.90. The van der Waals surface area contributed by atoms with Gasteiger partial charge in [0.15, 0.2) is 6.61 Å². The van der Waals surface area contributed by atoms with Crippen LogP contribution in [0.2, 0.25) is 5.02 Å². The number of ether oxygens (including phenoxy) is 1. The Balaban J connectivity index is 1.56. The van der Waals surface area contributed by atoms with Crippen molar-refractivity contribution in [2.24, 2.45) is 0 Å². The average Bonchev–Trinajstić information content (AvgIpc) is 2.72. The number of nitrogens with one attached hydrogen (secondary N) is 2. The van der Waals surface area contributed by atoms with E-state index in [1.807, 2.05) is 24.3 Å². The average molecular weight is 437 g/mol. The Labute approximate surface area is 187 Å². The van der Waals surface area contributed by atoms with E-state index in [9.17, 15) is 9.59 Å². The van der Waals surface area contributed by atoms with Crippen LogP contribution < -0.4 is 15.4 Å². The fraction of sp³-hybridized carbons (Fsp3) is 0.200. The van der Waals surface area contributed by atoms with Crippen LogP contribution in [-0.4, -0.2) is 18.4 Å². The van der Waals surface area contributed by atoms with Crippen LogP contribution in [0.1, 0.15) is 36.7 Å². The van der Waals surface area contributed by atoms with E-state index in [0.717, 1.165) is 0 Å². The highest BCUT2D eigenvalue weighted by atomic mass is 35.5. The van der Waals surface area contributed by atoms with E-state index in [1.165, 1.54) is 5.56 Å². The van der Waals surface area contributed by atoms with Gasteiger partial charge in [-0.3, -0.25) is 9.59 Å². The van der Waals surface area contributed by atoms with Crippen molar-refractivity contribution in [2.45, 2.75) is 26.2 Å². The minimum atomic E-state index is -0.313. The van der Waals surface area contributed by atoms with Gasteiger partial charge in [0.1, 0.15) is 5.75 Å². The lowest BCUT2D eigenvalue weighted by molar-refractivity contribution is -0.118. The summed E-state index contributed by atoms with van der Waals surface area (Å²) in [6.45, 7) is 6.28. The predicted molar refractivity (Wildman–Crippen MR) is 125 cm³/mol. The first-order valence-electron chi connectivity index (χ1n) is 9.91. The number of amides is 2. The third-order valence-electron chi connectivity index (χ3n) is 4.58. The Morgan fingerprint density at radius 2 is 1.52 bits per heavy atom. The fourth-order valence-corrected chi connectivity index (χ4v) is 3.10. The lowest BCUT2D eigenvalue weighted by Crippen LogP contribution is -2.20. The van der Waals surface area contributed by atoms with Gasteiger partial charge < -0.3 is 15.4 Å². The normalized spacial score (nSPS) is 11.0. The van der Waals surface area contributed by atoms with E-state index in [1.54, 1.807) is 48.5 Å². The Kier molecular flexibility index (Phi) is 6.98. The molecule has 160 valence electrons. The van der Waals surface area contributed by atoms with Gasteiger partial charge in [0.2, 0.25) is 0 Å². The summed E-state index contributed by atoms with van der Waals surface area (Å²) in [5, 5.41) is 6.07. The summed E-state index contributed by atoms with van der Waals surface area (Å²) in [6, 6.07) is 21.3. The summed E-state index contributed by atoms with van der Waals surface area (Å²) >= 11 is 5.95. The molecule has 0 aliphatic rings. The van der Waals surface area contributed by atoms with Crippen LogP contribution in [-0.2, 0) is 10.2 Å². The van der Waals surface area contributed by atoms with Gasteiger partial charge in [-0.1, -0.05) is 56.6 Å². The second kappa shape index (κ2) is 9.67. The smallest absolute Gasteiger partial charge is 0.262 e. The Morgan fingerprint density at radius 3 is 2.16 bits per heavy atom. The maximum absolute atomic E-state index is 12.5. The largest absolute Gasteiger partial charge is 0.484 e. The van der Waals surface area contributed by atoms with Crippen molar-refractivity contribution in [2.75, 3.05) is 17.2 Å². The molecule has 0 bridgehead atoms. The Bertz CT molecular complexity index is 1070. The van der Waals surface area contributed by atoms with Crippen molar-refractivity contribution >= 4 is 34.8 Å². The predicted octanol–water partition coefficient (Wildman–Crippen LogP) is 5.91. The third kappa shape index (κ3) is 6.59. The molecule has 6 heteroatoms. The van der Waals surface area contributed by atoms with E-state index in [2.05, 4.69) is 31.4 Å². The Hall–Kier alpha value is -3.31. The molecule has 0 spiro atoms. The minimum absolute atomic E-state index is 0.0555. The standard InChI is InChI=1S/C25H25ClN2O3/c1-25(2,3)18-10-12-22(13-11-18)31-16-23(29)27-20-8-4-6-17(14-20)24(30)28-21-9-5-7-19(26)15-21/h4-15H,16H2,1-3H3,(H,27,29)(H,28,30). The van der Waals surface area contributed by atoms with E-state index in [0.29, 0.717) is 27.7 Å². The topological polar surface area (TPSA) is 67.4 Å². The molecule has 0 aliphatic carbocycles. The van der Waals surface area contributed by atoms with E-state index in [-0.39, 0.29) is 23.8 Å². The molecule has 0 aliphatic heterocycles. The van der Waals surface area contributed by atoms with Crippen LogP contribution in [0.4, 0.5) is 11.4 Å². The van der Waals surface area contributed by atoms with Gasteiger partial charge in [0.05, 0.1) is 0 Å². The van der Waals surface area contributed by atoms with E-state index >= 15 is 0 Å². The zero-order valence-electron chi connectivity index (χ0n) is 17.7. The molecule has 0 saturated carbocycles. The van der Waals surface area contributed by atoms with Gasteiger partial charge in [-0.2, -0.15) is 0 Å². The number of hydrogen-bond acceptors (Lipinski definition) is 3. The van der Waals surface area contributed by atoms with Crippen molar-refractivity contribution in [3.63, 3.8) is 0 Å². The molecule has 0 fully saturated rings. The highest BCUT2D eigenvalue weighted by Crippen LogP contribution is 2.24. The first-order chi connectivity index (χ1) is 14.7. The van der Waals surface area contributed by atoms with Crippen LogP contribution in [0.25, 0.3) is 0 Å². The molecule has 0 saturated heterocycles. The number of carbonyl (C=O) groups excluding carboxylic acids is 2. The number of hydrogen-bond donors (Lipinski definition) is 2. The van der Waals surface area contributed by atoms with Crippen LogP contribution >= 0.6 is 11.6 Å². The summed E-state index contributed by atoms with van der Waals surface area (Å²) < 4.78 is 5.57. The van der Waals surface area contributed by atoms with Crippen molar-refractivity contribution in [1.82, 2.24) is 0 Å².